The quantitative estimate of drug-likeness (QED) is 0.787. The molecule has 0 radical (unpaired) electrons. The minimum Gasteiger partial charge on any atom is -0.489 e. The molecule has 4 heteroatoms. The van der Waals surface area contributed by atoms with Crippen LogP contribution >= 0.6 is 0 Å². The van der Waals surface area contributed by atoms with E-state index in [0.717, 1.165) is 5.56 Å². The lowest BCUT2D eigenvalue weighted by molar-refractivity contribution is 0.0587. The molecule has 0 spiro atoms. The Bertz CT molecular complexity index is 548. The van der Waals surface area contributed by atoms with Crippen LogP contribution in [0.2, 0.25) is 0 Å². The van der Waals surface area contributed by atoms with Crippen molar-refractivity contribution in [2.24, 2.45) is 0 Å². The summed E-state index contributed by atoms with van der Waals surface area (Å²) in [5.74, 6) is 0.144. The third-order valence-corrected chi connectivity index (χ3v) is 2.86. The molecule has 0 bridgehead atoms. The molecule has 0 aromatic heterocycles. The molecule has 2 rings (SSSR count). The van der Waals surface area contributed by atoms with E-state index in [4.69, 9.17) is 9.84 Å². The summed E-state index contributed by atoms with van der Waals surface area (Å²) in [5.41, 5.74) is 1.40. The van der Waals surface area contributed by atoms with Crippen molar-refractivity contribution in [3.8, 4) is 5.75 Å². The molecule has 2 aromatic rings. The molecule has 2 aromatic carbocycles. The topological polar surface area (TPSA) is 66.8 Å². The number of ether oxygens (including phenoxy) is 1. The van der Waals surface area contributed by atoms with Gasteiger partial charge < -0.3 is 14.9 Å². The number of aliphatic hydroxyl groups is 2. The maximum absolute atomic E-state index is 11.6. The maximum atomic E-state index is 11.6. The van der Waals surface area contributed by atoms with E-state index in [1.807, 2.05) is 30.3 Å². The van der Waals surface area contributed by atoms with Gasteiger partial charge in [-0.3, -0.25) is 4.79 Å². The van der Waals surface area contributed by atoms with E-state index in [1.54, 1.807) is 24.3 Å². The van der Waals surface area contributed by atoms with E-state index < -0.39 is 18.5 Å². The highest BCUT2D eigenvalue weighted by atomic mass is 16.5. The average molecular weight is 272 g/mol. The fourth-order valence-electron chi connectivity index (χ4n) is 1.73. The molecule has 2 N–H and O–H groups in total. The van der Waals surface area contributed by atoms with Crippen molar-refractivity contribution in [2.45, 2.75) is 12.7 Å². The molecule has 0 heterocycles. The lowest BCUT2D eigenvalue weighted by Gasteiger charge is -2.08. The number of ketones is 1. The SMILES string of the molecule is O=C(c1ccc(OCc2ccccc2)cc1)C(O)CO. The average Bonchev–Trinajstić information content (AvgIpc) is 2.53. The molecule has 0 aliphatic rings. The Labute approximate surface area is 117 Å². The highest BCUT2D eigenvalue weighted by molar-refractivity contribution is 5.99. The number of aliphatic hydroxyl groups excluding tert-OH is 2. The maximum Gasteiger partial charge on any atom is 0.193 e. The molecular weight excluding hydrogens is 256 g/mol. The van der Waals surface area contributed by atoms with Gasteiger partial charge in [0.1, 0.15) is 18.5 Å². The first kappa shape index (κ1) is 14.2. The Hall–Kier alpha value is -2.17. The zero-order chi connectivity index (χ0) is 14.4. The molecule has 0 aliphatic carbocycles. The van der Waals surface area contributed by atoms with Gasteiger partial charge in [0, 0.05) is 5.56 Å². The number of carbonyl (C=O) groups is 1. The van der Waals surface area contributed by atoms with Crippen LogP contribution in [0.1, 0.15) is 15.9 Å². The second-order valence-electron chi connectivity index (χ2n) is 4.36. The number of Topliss-reactive ketones (excluding diaryl/α,β-unsaturated/α-hetero) is 1. The van der Waals surface area contributed by atoms with Gasteiger partial charge in [0.05, 0.1) is 6.61 Å². The van der Waals surface area contributed by atoms with Crippen molar-refractivity contribution in [3.05, 3.63) is 65.7 Å². The predicted molar refractivity (Wildman–Crippen MR) is 74.6 cm³/mol. The van der Waals surface area contributed by atoms with Crippen LogP contribution in [0.3, 0.4) is 0 Å². The van der Waals surface area contributed by atoms with Crippen LogP contribution in [0.4, 0.5) is 0 Å². The molecule has 0 saturated heterocycles. The third kappa shape index (κ3) is 3.66. The third-order valence-electron chi connectivity index (χ3n) is 2.86. The lowest BCUT2D eigenvalue weighted by Crippen LogP contribution is -2.24. The van der Waals surface area contributed by atoms with Crippen molar-refractivity contribution >= 4 is 5.78 Å². The summed E-state index contributed by atoms with van der Waals surface area (Å²) in [6.07, 6.45) is -1.37. The molecule has 104 valence electrons. The molecule has 0 fully saturated rings. The second-order valence-corrected chi connectivity index (χ2v) is 4.36. The molecule has 20 heavy (non-hydrogen) atoms. The zero-order valence-electron chi connectivity index (χ0n) is 10.9. The largest absolute Gasteiger partial charge is 0.489 e. The Morgan fingerprint density at radius 2 is 1.70 bits per heavy atom. The molecule has 1 unspecified atom stereocenters. The van der Waals surface area contributed by atoms with Crippen LogP contribution in [-0.2, 0) is 6.61 Å². The van der Waals surface area contributed by atoms with Crippen LogP contribution in [0.5, 0.6) is 5.75 Å². The van der Waals surface area contributed by atoms with Gasteiger partial charge in [-0.05, 0) is 29.8 Å². The first-order valence-electron chi connectivity index (χ1n) is 6.30. The number of hydrogen-bond acceptors (Lipinski definition) is 4. The van der Waals surface area contributed by atoms with Gasteiger partial charge in [-0.25, -0.2) is 0 Å². The Morgan fingerprint density at radius 3 is 2.30 bits per heavy atom. The fraction of sp³-hybridized carbons (Fsp3) is 0.188. The lowest BCUT2D eigenvalue weighted by atomic mass is 10.1. The van der Waals surface area contributed by atoms with Gasteiger partial charge in [-0.15, -0.1) is 0 Å². The normalized spacial score (nSPS) is 11.9. The first-order valence-corrected chi connectivity index (χ1v) is 6.30. The number of hydrogen-bond donors (Lipinski definition) is 2. The highest BCUT2D eigenvalue weighted by Crippen LogP contribution is 2.15. The summed E-state index contributed by atoms with van der Waals surface area (Å²) in [4.78, 5) is 11.6. The Balaban J connectivity index is 1.96. The summed E-state index contributed by atoms with van der Waals surface area (Å²) in [5, 5.41) is 18.0. The predicted octanol–water partition coefficient (Wildman–Crippen LogP) is 1.80. The Kier molecular flexibility index (Phi) is 4.87. The van der Waals surface area contributed by atoms with Crippen LogP contribution in [0.15, 0.2) is 54.6 Å². The van der Waals surface area contributed by atoms with Crippen molar-refractivity contribution in [1.29, 1.82) is 0 Å². The summed E-state index contributed by atoms with van der Waals surface area (Å²) in [6.45, 7) is -0.126. The summed E-state index contributed by atoms with van der Waals surface area (Å²) in [6, 6.07) is 16.2. The van der Waals surface area contributed by atoms with Gasteiger partial charge in [0.2, 0.25) is 0 Å². The minimum atomic E-state index is -1.37. The molecule has 0 saturated carbocycles. The van der Waals surface area contributed by atoms with Gasteiger partial charge >= 0.3 is 0 Å². The second kappa shape index (κ2) is 6.84. The minimum absolute atomic E-state index is 0.346. The van der Waals surface area contributed by atoms with Gasteiger partial charge in [0.25, 0.3) is 0 Å². The van der Waals surface area contributed by atoms with Gasteiger partial charge in [0.15, 0.2) is 5.78 Å². The smallest absolute Gasteiger partial charge is 0.193 e. The molecule has 4 nitrogen and oxygen atoms in total. The van der Waals surface area contributed by atoms with E-state index in [0.29, 0.717) is 17.9 Å². The Morgan fingerprint density at radius 1 is 1.05 bits per heavy atom. The molecule has 1 atom stereocenters. The van der Waals surface area contributed by atoms with E-state index in [1.165, 1.54) is 0 Å². The van der Waals surface area contributed by atoms with E-state index in [-0.39, 0.29) is 0 Å². The fourth-order valence-corrected chi connectivity index (χ4v) is 1.73. The molecular formula is C16H16O4. The van der Waals surface area contributed by atoms with Crippen molar-refractivity contribution < 1.29 is 19.7 Å². The monoisotopic (exact) mass is 272 g/mol. The highest BCUT2D eigenvalue weighted by Gasteiger charge is 2.15. The van der Waals surface area contributed by atoms with E-state index >= 15 is 0 Å². The molecule has 0 amide bonds. The summed E-state index contributed by atoms with van der Waals surface area (Å²) in [7, 11) is 0. The van der Waals surface area contributed by atoms with Crippen LogP contribution in [-0.4, -0.2) is 28.7 Å². The molecule has 0 aliphatic heterocycles. The summed E-state index contributed by atoms with van der Waals surface area (Å²) < 4.78 is 5.59. The van der Waals surface area contributed by atoms with Crippen LogP contribution < -0.4 is 4.74 Å². The summed E-state index contributed by atoms with van der Waals surface area (Å²) >= 11 is 0. The van der Waals surface area contributed by atoms with Gasteiger partial charge in [-0.1, -0.05) is 30.3 Å². The van der Waals surface area contributed by atoms with Crippen LogP contribution in [0.25, 0.3) is 0 Å². The van der Waals surface area contributed by atoms with Crippen LogP contribution in [0, 0.1) is 0 Å². The zero-order valence-corrected chi connectivity index (χ0v) is 10.9. The number of carbonyl (C=O) groups excluding carboxylic acids is 1. The standard InChI is InChI=1S/C16H16O4/c17-10-15(18)16(19)13-6-8-14(9-7-13)20-11-12-4-2-1-3-5-12/h1-9,15,17-18H,10-11H2. The van der Waals surface area contributed by atoms with Crippen molar-refractivity contribution in [1.82, 2.24) is 0 Å². The van der Waals surface area contributed by atoms with E-state index in [2.05, 4.69) is 0 Å². The first-order chi connectivity index (χ1) is 9.70. The van der Waals surface area contributed by atoms with Gasteiger partial charge in [-0.2, -0.15) is 0 Å². The number of rotatable bonds is 6. The van der Waals surface area contributed by atoms with Crippen molar-refractivity contribution in [3.63, 3.8) is 0 Å². The number of benzene rings is 2. The van der Waals surface area contributed by atoms with E-state index in [9.17, 15) is 9.90 Å². The van der Waals surface area contributed by atoms with Crippen molar-refractivity contribution in [2.75, 3.05) is 6.61 Å².